The zero-order chi connectivity index (χ0) is 46.9. The van der Waals surface area contributed by atoms with Crippen molar-refractivity contribution in [2.24, 2.45) is 0 Å². The molecular formula is C55H56O13. The number of aliphatic hydroxyl groups is 1. The molecule has 0 saturated carbocycles. The molecular weight excluding hydrogens is 869 g/mol. The summed E-state index contributed by atoms with van der Waals surface area (Å²) in [6.07, 6.45) is -11.6. The molecule has 0 amide bonds. The number of carbonyl (C=O) groups excluding carboxylic acids is 2. The van der Waals surface area contributed by atoms with E-state index in [0.29, 0.717) is 0 Å². The van der Waals surface area contributed by atoms with Crippen LogP contribution in [0, 0.1) is 0 Å². The fraction of sp³-hybridized carbons (Fsp3) is 0.309. The molecule has 2 heterocycles. The molecule has 0 spiro atoms. The van der Waals surface area contributed by atoms with Gasteiger partial charge in [0.1, 0.15) is 36.6 Å². The number of benzene rings is 6. The number of hydrogen-bond donors (Lipinski definition) is 1. The molecule has 2 fully saturated rings. The summed E-state index contributed by atoms with van der Waals surface area (Å²) < 4.78 is 65.5. The molecule has 13 heteroatoms. The van der Waals surface area contributed by atoms with E-state index in [4.69, 9.17) is 47.4 Å². The van der Waals surface area contributed by atoms with Crippen LogP contribution < -0.4 is 0 Å². The van der Waals surface area contributed by atoms with Gasteiger partial charge in [-0.25, -0.2) is 9.59 Å². The Kier molecular flexibility index (Phi) is 17.6. The standard InChI is InChI=1S/C55H56O13/c1-59-54-51(67-53(58)43-30-18-7-19-31-43)49(66-52(57)42-28-16-6-17-29-42)47(44(32-56)64-54)68-55-50(63-36-41-26-14-5-15-27-41)48(62-35-40-24-12-4-13-25-40)46(61-34-39-22-10-3-11-23-39)45(65-55)37-60-33-38-20-8-2-9-21-38/h2-31,44-51,54-56H,32-37H2,1H3/t44-,45-,46-,47-,48+,49+,50-,51-,54-,55-/m1/s1. The van der Waals surface area contributed by atoms with Gasteiger partial charge in [-0.15, -0.1) is 0 Å². The quantitative estimate of drug-likeness (QED) is 0.0699. The molecule has 0 aromatic heterocycles. The Morgan fingerprint density at radius 1 is 0.441 bits per heavy atom. The molecule has 68 heavy (non-hydrogen) atoms. The van der Waals surface area contributed by atoms with E-state index in [1.165, 1.54) is 7.11 Å². The SMILES string of the molecule is CO[C@@H]1O[C@H](CO)[C@@H](O[C@H]2O[C@H](COCc3ccccc3)[C@@H](OCc3ccccc3)[C@H](OCc3ccccc3)[C@H]2OCc2ccccc2)[C@H](OC(=O)c2ccccc2)[C@H]1OC(=O)c1ccccc1. The number of ether oxygens (including phenoxy) is 10. The third kappa shape index (κ3) is 12.9. The van der Waals surface area contributed by atoms with Crippen molar-refractivity contribution in [1.29, 1.82) is 0 Å². The maximum atomic E-state index is 14.1. The van der Waals surface area contributed by atoms with Crippen molar-refractivity contribution in [3.05, 3.63) is 215 Å². The molecule has 2 aliphatic heterocycles. The van der Waals surface area contributed by atoms with Crippen LogP contribution in [0.5, 0.6) is 0 Å². The highest BCUT2D eigenvalue weighted by Crippen LogP contribution is 2.36. The third-order valence-electron chi connectivity index (χ3n) is 11.6. The van der Waals surface area contributed by atoms with Gasteiger partial charge >= 0.3 is 11.9 Å². The second kappa shape index (κ2) is 24.8. The molecule has 2 saturated heterocycles. The fourth-order valence-electron chi connectivity index (χ4n) is 8.18. The van der Waals surface area contributed by atoms with E-state index in [-0.39, 0.29) is 44.2 Å². The molecule has 6 aromatic rings. The average molecular weight is 925 g/mol. The smallest absolute Gasteiger partial charge is 0.338 e. The molecule has 0 aliphatic carbocycles. The minimum Gasteiger partial charge on any atom is -0.452 e. The van der Waals surface area contributed by atoms with Gasteiger partial charge in [0, 0.05) is 7.11 Å². The molecule has 2 aliphatic rings. The van der Waals surface area contributed by atoms with Gasteiger partial charge in [-0.3, -0.25) is 0 Å². The Labute approximate surface area is 396 Å². The molecule has 6 aromatic carbocycles. The number of methoxy groups -OCH3 is 1. The Morgan fingerprint density at radius 3 is 1.29 bits per heavy atom. The van der Waals surface area contributed by atoms with Crippen molar-refractivity contribution < 1.29 is 62.1 Å². The molecule has 8 rings (SSSR count). The van der Waals surface area contributed by atoms with Gasteiger partial charge in [-0.1, -0.05) is 158 Å². The van der Waals surface area contributed by atoms with E-state index in [1.54, 1.807) is 60.7 Å². The van der Waals surface area contributed by atoms with Crippen molar-refractivity contribution in [2.45, 2.75) is 87.8 Å². The van der Waals surface area contributed by atoms with Gasteiger partial charge in [0.25, 0.3) is 0 Å². The number of aliphatic hydroxyl groups excluding tert-OH is 1. The predicted molar refractivity (Wildman–Crippen MR) is 249 cm³/mol. The van der Waals surface area contributed by atoms with Crippen molar-refractivity contribution >= 4 is 11.9 Å². The summed E-state index contributed by atoms with van der Waals surface area (Å²) >= 11 is 0. The van der Waals surface area contributed by atoms with E-state index in [1.807, 2.05) is 121 Å². The molecule has 0 unspecified atom stereocenters. The van der Waals surface area contributed by atoms with Crippen LogP contribution in [0.15, 0.2) is 182 Å². The van der Waals surface area contributed by atoms with Crippen LogP contribution in [-0.4, -0.2) is 98.8 Å². The topological polar surface area (TPSA) is 147 Å². The lowest BCUT2D eigenvalue weighted by Crippen LogP contribution is -2.66. The lowest BCUT2D eigenvalue weighted by Gasteiger charge is -2.49. The summed E-state index contributed by atoms with van der Waals surface area (Å²) in [5.74, 6) is -1.48. The van der Waals surface area contributed by atoms with Crippen molar-refractivity contribution in [3.8, 4) is 0 Å². The average Bonchev–Trinajstić information content (AvgIpc) is 3.39. The van der Waals surface area contributed by atoms with Gasteiger partial charge in [0.15, 0.2) is 24.8 Å². The Hall–Kier alpha value is -6.10. The second-order valence-corrected chi connectivity index (χ2v) is 16.4. The van der Waals surface area contributed by atoms with Gasteiger partial charge in [-0.2, -0.15) is 0 Å². The predicted octanol–water partition coefficient (Wildman–Crippen LogP) is 7.88. The first-order valence-electron chi connectivity index (χ1n) is 22.7. The zero-order valence-electron chi connectivity index (χ0n) is 37.7. The maximum absolute atomic E-state index is 14.1. The van der Waals surface area contributed by atoms with Gasteiger partial charge in [0.05, 0.1) is 50.8 Å². The van der Waals surface area contributed by atoms with Crippen LogP contribution in [0.1, 0.15) is 43.0 Å². The molecule has 0 bridgehead atoms. The van der Waals surface area contributed by atoms with Crippen molar-refractivity contribution in [2.75, 3.05) is 20.3 Å². The first kappa shape index (κ1) is 48.4. The number of rotatable bonds is 21. The summed E-state index contributed by atoms with van der Waals surface area (Å²) in [7, 11) is 1.36. The minimum atomic E-state index is -1.44. The van der Waals surface area contributed by atoms with Crippen molar-refractivity contribution in [1.82, 2.24) is 0 Å². The van der Waals surface area contributed by atoms with Crippen LogP contribution in [0.3, 0.4) is 0 Å². The summed E-state index contributed by atoms with van der Waals surface area (Å²) in [5.41, 5.74) is 4.11. The number of esters is 2. The Morgan fingerprint density at radius 2 is 0.838 bits per heavy atom. The molecule has 10 atom stereocenters. The first-order valence-corrected chi connectivity index (χ1v) is 22.7. The van der Waals surface area contributed by atoms with E-state index in [2.05, 4.69) is 0 Å². The van der Waals surface area contributed by atoms with Gasteiger partial charge in [-0.05, 0) is 46.5 Å². The van der Waals surface area contributed by atoms with E-state index in [0.717, 1.165) is 22.3 Å². The fourth-order valence-corrected chi connectivity index (χ4v) is 8.18. The Balaban J connectivity index is 1.19. The lowest BCUT2D eigenvalue weighted by atomic mass is 9.95. The molecule has 354 valence electrons. The highest BCUT2D eigenvalue weighted by Gasteiger charge is 2.56. The van der Waals surface area contributed by atoms with E-state index >= 15 is 0 Å². The molecule has 0 radical (unpaired) electrons. The lowest BCUT2D eigenvalue weighted by molar-refractivity contribution is -0.368. The first-order chi connectivity index (χ1) is 33.5. The van der Waals surface area contributed by atoms with Crippen molar-refractivity contribution in [3.63, 3.8) is 0 Å². The minimum absolute atomic E-state index is 0.0326. The van der Waals surface area contributed by atoms with Crippen LogP contribution in [-0.2, 0) is 73.8 Å². The van der Waals surface area contributed by atoms with Gasteiger partial charge < -0.3 is 52.5 Å². The second-order valence-electron chi connectivity index (χ2n) is 16.4. The molecule has 13 nitrogen and oxygen atoms in total. The van der Waals surface area contributed by atoms with Crippen LogP contribution in [0.4, 0.5) is 0 Å². The zero-order valence-corrected chi connectivity index (χ0v) is 37.7. The van der Waals surface area contributed by atoms with Crippen LogP contribution in [0.2, 0.25) is 0 Å². The number of carbonyl (C=O) groups is 2. The third-order valence-corrected chi connectivity index (χ3v) is 11.6. The van der Waals surface area contributed by atoms with E-state index < -0.39 is 80.0 Å². The highest BCUT2D eigenvalue weighted by molar-refractivity contribution is 5.90. The normalized spacial score (nSPS) is 24.7. The van der Waals surface area contributed by atoms with Crippen LogP contribution >= 0.6 is 0 Å². The maximum Gasteiger partial charge on any atom is 0.338 e. The molecule has 1 N–H and O–H groups in total. The summed E-state index contributed by atoms with van der Waals surface area (Å²) in [4.78, 5) is 27.9. The number of hydrogen-bond acceptors (Lipinski definition) is 13. The highest BCUT2D eigenvalue weighted by atomic mass is 16.8. The van der Waals surface area contributed by atoms with Crippen LogP contribution in [0.25, 0.3) is 0 Å². The summed E-state index contributed by atoms with van der Waals surface area (Å²) in [6, 6.07) is 55.6. The monoisotopic (exact) mass is 924 g/mol. The van der Waals surface area contributed by atoms with Gasteiger partial charge in [0.2, 0.25) is 0 Å². The Bertz CT molecular complexity index is 2400. The van der Waals surface area contributed by atoms with E-state index in [9.17, 15) is 14.7 Å². The summed E-state index contributed by atoms with van der Waals surface area (Å²) in [6.45, 7) is 0.174. The largest absolute Gasteiger partial charge is 0.452 e. The summed E-state index contributed by atoms with van der Waals surface area (Å²) in [5, 5.41) is 11.1.